The summed E-state index contributed by atoms with van der Waals surface area (Å²) in [4.78, 5) is 48.4. The molecular formula is C43H75N5O4S. The van der Waals surface area contributed by atoms with E-state index in [1.54, 1.807) is 7.11 Å². The maximum atomic E-state index is 14.7. The molecule has 3 amide bonds. The van der Waals surface area contributed by atoms with Crippen LogP contribution >= 0.6 is 11.8 Å². The van der Waals surface area contributed by atoms with E-state index in [-0.39, 0.29) is 59.2 Å². The van der Waals surface area contributed by atoms with Gasteiger partial charge in [-0.15, -0.1) is 0 Å². The Hall–Kier alpha value is -2.14. The van der Waals surface area contributed by atoms with Gasteiger partial charge in [0.25, 0.3) is 0 Å². The van der Waals surface area contributed by atoms with Gasteiger partial charge in [-0.1, -0.05) is 97.6 Å². The molecule has 10 heteroatoms. The predicted molar refractivity (Wildman–Crippen MR) is 221 cm³/mol. The van der Waals surface area contributed by atoms with Crippen molar-refractivity contribution in [3.8, 4) is 0 Å². The summed E-state index contributed by atoms with van der Waals surface area (Å²) in [6.45, 7) is 14.1. The van der Waals surface area contributed by atoms with Gasteiger partial charge in [0.15, 0.2) is 0 Å². The lowest BCUT2D eigenvalue weighted by atomic mass is 9.96. The zero-order chi connectivity index (χ0) is 39.1. The first-order chi connectivity index (χ1) is 25.3. The van der Waals surface area contributed by atoms with Gasteiger partial charge >= 0.3 is 0 Å². The predicted octanol–water partition coefficient (Wildman–Crippen LogP) is 6.99. The van der Waals surface area contributed by atoms with E-state index in [4.69, 9.17) is 4.74 Å². The molecule has 9 nitrogen and oxygen atoms in total. The van der Waals surface area contributed by atoms with E-state index < -0.39 is 6.04 Å². The van der Waals surface area contributed by atoms with Gasteiger partial charge in [0.1, 0.15) is 6.04 Å². The number of carbonyl (C=O) groups excluding carboxylic acids is 3. The lowest BCUT2D eigenvalue weighted by Gasteiger charge is -2.44. The number of carbonyl (C=O) groups is 3. The van der Waals surface area contributed by atoms with Crippen molar-refractivity contribution in [1.29, 1.82) is 0 Å². The van der Waals surface area contributed by atoms with Crippen LogP contribution in [0.3, 0.4) is 0 Å². The van der Waals surface area contributed by atoms with Crippen molar-refractivity contribution in [2.75, 3.05) is 41.3 Å². The van der Waals surface area contributed by atoms with Crippen molar-refractivity contribution >= 4 is 29.5 Å². The van der Waals surface area contributed by atoms with E-state index in [1.165, 1.54) is 37.7 Å². The van der Waals surface area contributed by atoms with Gasteiger partial charge in [0, 0.05) is 56.6 Å². The number of thioether (sulfide) groups is 1. The summed E-state index contributed by atoms with van der Waals surface area (Å²) in [5.74, 6) is 0.421. The fourth-order valence-electron chi connectivity index (χ4n) is 8.46. The molecule has 1 heterocycles. The number of nitrogens with one attached hydrogen (secondary N) is 2. The normalized spacial score (nSPS) is 20.6. The van der Waals surface area contributed by atoms with Crippen molar-refractivity contribution in [3.63, 3.8) is 0 Å². The fraction of sp³-hybridized carbons (Fsp3) is 0.791. The Labute approximate surface area is 327 Å². The molecule has 7 atom stereocenters. The molecule has 0 bridgehead atoms. The van der Waals surface area contributed by atoms with Crippen molar-refractivity contribution in [3.05, 3.63) is 35.9 Å². The Morgan fingerprint density at radius 1 is 0.925 bits per heavy atom. The maximum Gasteiger partial charge on any atom is 0.246 e. The molecule has 1 aliphatic carbocycles. The summed E-state index contributed by atoms with van der Waals surface area (Å²) in [7, 11) is 7.55. The Kier molecular flexibility index (Phi) is 19.7. The summed E-state index contributed by atoms with van der Waals surface area (Å²) in [6, 6.07) is 9.48. The van der Waals surface area contributed by atoms with E-state index in [2.05, 4.69) is 41.5 Å². The van der Waals surface area contributed by atoms with Gasteiger partial charge in [0.05, 0.1) is 18.3 Å². The molecule has 302 valence electrons. The Balaban J connectivity index is 1.92. The number of rotatable bonds is 22. The second kappa shape index (κ2) is 23.1. The molecule has 1 aliphatic heterocycles. The van der Waals surface area contributed by atoms with Gasteiger partial charge in [-0.25, -0.2) is 0 Å². The third-order valence-corrected chi connectivity index (χ3v) is 13.4. The van der Waals surface area contributed by atoms with Gasteiger partial charge in [0.2, 0.25) is 17.7 Å². The lowest BCUT2D eigenvalue weighted by Crippen LogP contribution is -2.61. The first-order valence-corrected chi connectivity index (χ1v) is 21.7. The number of nitrogens with zero attached hydrogens (tertiary/aromatic N) is 3. The highest BCUT2D eigenvalue weighted by atomic mass is 32.2. The molecule has 7 unspecified atom stereocenters. The van der Waals surface area contributed by atoms with Crippen LogP contribution in [0.5, 0.6) is 0 Å². The molecule has 2 aliphatic rings. The average Bonchev–Trinajstić information content (AvgIpc) is 3.61. The smallest absolute Gasteiger partial charge is 0.246 e. The van der Waals surface area contributed by atoms with E-state index >= 15 is 0 Å². The molecular weight excluding hydrogens is 683 g/mol. The number of hydrogen-bond donors (Lipinski definition) is 2. The van der Waals surface area contributed by atoms with Crippen LogP contribution in [0.1, 0.15) is 118 Å². The topological polar surface area (TPSA) is 94.2 Å². The van der Waals surface area contributed by atoms with Gasteiger partial charge in [-0.3, -0.25) is 24.2 Å². The van der Waals surface area contributed by atoms with E-state index in [1.807, 2.05) is 88.6 Å². The van der Waals surface area contributed by atoms with Crippen LogP contribution in [-0.2, 0) is 25.5 Å². The van der Waals surface area contributed by atoms with Gasteiger partial charge < -0.3 is 20.3 Å². The third-order valence-electron chi connectivity index (χ3n) is 11.7. The molecule has 2 N–H and O–H groups in total. The molecule has 0 radical (unpaired) electrons. The SMILES string of the molecule is CCC(C)CC(CC(N(C)C(=O)C(NC(=O)C(C(C)C)N(C)C)C(C)C)N1CCCC1C(CC(=O)NCCc1ccccc1)SC1CCCCC1)OC. The van der Waals surface area contributed by atoms with E-state index in [0.29, 0.717) is 30.6 Å². The van der Waals surface area contributed by atoms with Crippen LogP contribution in [0.25, 0.3) is 0 Å². The quantitative estimate of drug-likeness (QED) is 0.132. The standard InChI is InChI=1S/C43H75N5O4S/c1-11-32(6)27-34(52-10)28-39(47(9)43(51)40(30(2)3)45-42(50)41(31(4)5)46(7)8)48-26-18-23-36(48)37(53-35-21-16-13-17-22-35)29-38(49)44-25-24-33-19-14-12-15-20-33/h12,14-15,19-20,30-32,34-37,39-41H,11,13,16-18,21-29H2,1-10H3,(H,44,49)(H,45,50). The van der Waals surface area contributed by atoms with Crippen LogP contribution in [0.2, 0.25) is 0 Å². The average molecular weight is 758 g/mol. The minimum Gasteiger partial charge on any atom is -0.381 e. The number of likely N-dealkylation sites (N-methyl/N-ethyl adjacent to an activating group) is 2. The van der Waals surface area contributed by atoms with Crippen LogP contribution < -0.4 is 10.6 Å². The summed E-state index contributed by atoms with van der Waals surface area (Å²) >= 11 is 2.03. The number of benzene rings is 1. The summed E-state index contributed by atoms with van der Waals surface area (Å²) in [5.41, 5.74) is 1.22. The second-order valence-corrected chi connectivity index (χ2v) is 18.4. The molecule has 1 aromatic carbocycles. The number of amides is 3. The molecule has 3 rings (SSSR count). The minimum atomic E-state index is -0.657. The molecule has 0 aromatic heterocycles. The van der Waals surface area contributed by atoms with Gasteiger partial charge in [-0.05, 0) is 75.9 Å². The molecule has 1 aromatic rings. The minimum absolute atomic E-state index is 0.0247. The van der Waals surface area contributed by atoms with Crippen molar-refractivity contribution in [2.24, 2.45) is 17.8 Å². The highest BCUT2D eigenvalue weighted by Crippen LogP contribution is 2.39. The van der Waals surface area contributed by atoms with Crippen molar-refractivity contribution in [2.45, 2.75) is 159 Å². The van der Waals surface area contributed by atoms with Crippen LogP contribution in [-0.4, -0.2) is 115 Å². The fourth-order valence-corrected chi connectivity index (χ4v) is 10.3. The summed E-state index contributed by atoms with van der Waals surface area (Å²) in [6.07, 6.45) is 11.9. The highest BCUT2D eigenvalue weighted by Gasteiger charge is 2.43. The first-order valence-electron chi connectivity index (χ1n) is 20.7. The van der Waals surface area contributed by atoms with Crippen molar-refractivity contribution in [1.82, 2.24) is 25.3 Å². The molecule has 0 spiro atoms. The van der Waals surface area contributed by atoms with Crippen molar-refractivity contribution < 1.29 is 19.1 Å². The second-order valence-electron chi connectivity index (χ2n) is 16.8. The number of likely N-dealkylation sites (tertiary alicyclic amines) is 1. The number of methoxy groups -OCH3 is 1. The first kappa shape index (κ1) is 45.3. The highest BCUT2D eigenvalue weighted by molar-refractivity contribution is 8.00. The van der Waals surface area contributed by atoms with Gasteiger partial charge in [-0.2, -0.15) is 11.8 Å². The van der Waals surface area contributed by atoms with E-state index in [0.717, 1.165) is 38.6 Å². The summed E-state index contributed by atoms with van der Waals surface area (Å²) in [5, 5.41) is 7.10. The Morgan fingerprint density at radius 2 is 1.60 bits per heavy atom. The summed E-state index contributed by atoms with van der Waals surface area (Å²) < 4.78 is 6.15. The zero-order valence-electron chi connectivity index (χ0n) is 34.9. The Morgan fingerprint density at radius 3 is 2.19 bits per heavy atom. The maximum absolute atomic E-state index is 14.7. The van der Waals surface area contributed by atoms with Crippen LogP contribution in [0.4, 0.5) is 0 Å². The Bertz CT molecular complexity index is 1220. The third kappa shape index (κ3) is 14.1. The molecule has 2 fully saturated rings. The van der Waals surface area contributed by atoms with Crippen LogP contribution in [0, 0.1) is 17.8 Å². The number of hydrogen-bond acceptors (Lipinski definition) is 7. The largest absolute Gasteiger partial charge is 0.381 e. The van der Waals surface area contributed by atoms with Crippen LogP contribution in [0.15, 0.2) is 30.3 Å². The van der Waals surface area contributed by atoms with E-state index in [9.17, 15) is 14.4 Å². The molecule has 53 heavy (non-hydrogen) atoms. The molecule has 1 saturated carbocycles. The lowest BCUT2D eigenvalue weighted by molar-refractivity contribution is -0.144. The molecule has 1 saturated heterocycles. The number of ether oxygens (including phenoxy) is 1. The monoisotopic (exact) mass is 758 g/mol. The zero-order valence-corrected chi connectivity index (χ0v) is 35.8.